The lowest BCUT2D eigenvalue weighted by molar-refractivity contribution is 0.187. The van der Waals surface area contributed by atoms with Crippen molar-refractivity contribution < 1.29 is 0 Å². The van der Waals surface area contributed by atoms with Crippen LogP contribution >= 0.6 is 0 Å². The summed E-state index contributed by atoms with van der Waals surface area (Å²) in [4.78, 5) is 2.66. The number of nitrogens with zero attached hydrogens (tertiary/aromatic N) is 1. The third kappa shape index (κ3) is 5.71. The minimum absolute atomic E-state index is 0.840. The van der Waals surface area contributed by atoms with Crippen molar-refractivity contribution in [2.75, 3.05) is 26.2 Å². The van der Waals surface area contributed by atoms with E-state index in [1.54, 1.807) is 0 Å². The lowest BCUT2D eigenvalue weighted by atomic mass is 9.91. The third-order valence-corrected chi connectivity index (χ3v) is 4.56. The van der Waals surface area contributed by atoms with Gasteiger partial charge in [0.1, 0.15) is 0 Å². The molecule has 18 heavy (non-hydrogen) atoms. The fraction of sp³-hybridized carbons (Fsp3) is 1.00. The first-order valence-electron chi connectivity index (χ1n) is 8.26. The number of piperidine rings is 1. The highest BCUT2D eigenvalue weighted by Crippen LogP contribution is 2.21. The number of hydrogen-bond acceptors (Lipinski definition) is 2. The highest BCUT2D eigenvalue weighted by atomic mass is 15.1. The molecule has 2 nitrogen and oxygen atoms in total. The molecule has 0 amide bonds. The van der Waals surface area contributed by atoms with Crippen molar-refractivity contribution in [2.45, 2.75) is 71.8 Å². The van der Waals surface area contributed by atoms with Gasteiger partial charge in [0.2, 0.25) is 0 Å². The third-order valence-electron chi connectivity index (χ3n) is 4.56. The quantitative estimate of drug-likeness (QED) is 0.675. The van der Waals surface area contributed by atoms with Crippen molar-refractivity contribution in [3.8, 4) is 0 Å². The zero-order valence-corrected chi connectivity index (χ0v) is 12.9. The lowest BCUT2D eigenvalue weighted by Crippen LogP contribution is -2.35. The molecule has 1 aliphatic rings. The molecule has 2 heteroatoms. The Morgan fingerprint density at radius 3 is 2.28 bits per heavy atom. The highest BCUT2D eigenvalue weighted by Gasteiger charge is 2.17. The van der Waals surface area contributed by atoms with Gasteiger partial charge in [-0.15, -0.1) is 0 Å². The number of hydrogen-bond donors (Lipinski definition) is 1. The van der Waals surface area contributed by atoms with Crippen LogP contribution in [-0.2, 0) is 0 Å². The Bertz CT molecular complexity index is 184. The molecule has 1 rings (SSSR count). The van der Waals surface area contributed by atoms with Crippen LogP contribution in [0.5, 0.6) is 0 Å². The van der Waals surface area contributed by atoms with Crippen LogP contribution in [0.4, 0.5) is 0 Å². The normalized spacial score (nSPS) is 19.3. The van der Waals surface area contributed by atoms with E-state index in [1.165, 1.54) is 71.1 Å². The standard InChI is InChI=1S/C16H34N2/c1-4-8-16(18(5-2)6-3)10-7-9-15-11-13-17-14-12-15/h15-17H,4-14H2,1-3H3. The molecular formula is C16H34N2. The van der Waals surface area contributed by atoms with E-state index in [9.17, 15) is 0 Å². The molecule has 1 unspecified atom stereocenters. The molecule has 1 saturated heterocycles. The maximum Gasteiger partial charge on any atom is 0.00949 e. The van der Waals surface area contributed by atoms with Crippen molar-refractivity contribution in [1.29, 1.82) is 0 Å². The second-order valence-corrected chi connectivity index (χ2v) is 5.79. The van der Waals surface area contributed by atoms with Crippen LogP contribution in [0.1, 0.15) is 65.7 Å². The Kier molecular flexibility index (Phi) is 8.70. The lowest BCUT2D eigenvalue weighted by Gasteiger charge is -2.30. The molecule has 0 aliphatic carbocycles. The molecule has 0 radical (unpaired) electrons. The van der Waals surface area contributed by atoms with Gasteiger partial charge in [-0.25, -0.2) is 0 Å². The van der Waals surface area contributed by atoms with Crippen molar-refractivity contribution in [2.24, 2.45) is 5.92 Å². The van der Waals surface area contributed by atoms with Crippen molar-refractivity contribution in [3.05, 3.63) is 0 Å². The van der Waals surface area contributed by atoms with Crippen LogP contribution in [0.15, 0.2) is 0 Å². The molecule has 1 fully saturated rings. The summed E-state index contributed by atoms with van der Waals surface area (Å²) in [5, 5.41) is 3.46. The van der Waals surface area contributed by atoms with E-state index in [0.717, 1.165) is 12.0 Å². The van der Waals surface area contributed by atoms with E-state index >= 15 is 0 Å². The second kappa shape index (κ2) is 9.80. The maximum atomic E-state index is 3.46. The first kappa shape index (κ1) is 16.0. The summed E-state index contributed by atoms with van der Waals surface area (Å²) in [6.45, 7) is 11.9. The van der Waals surface area contributed by atoms with Crippen LogP contribution < -0.4 is 5.32 Å². The zero-order valence-electron chi connectivity index (χ0n) is 12.9. The van der Waals surface area contributed by atoms with Gasteiger partial charge in [-0.05, 0) is 57.8 Å². The Labute approximate surface area is 115 Å². The Morgan fingerprint density at radius 1 is 1.06 bits per heavy atom. The Hall–Kier alpha value is -0.0800. The van der Waals surface area contributed by atoms with Gasteiger partial charge in [0.05, 0.1) is 0 Å². The summed E-state index contributed by atoms with van der Waals surface area (Å²) in [5.74, 6) is 1.00. The fourth-order valence-electron chi connectivity index (χ4n) is 3.40. The minimum atomic E-state index is 0.840. The topological polar surface area (TPSA) is 15.3 Å². The number of rotatable bonds is 9. The molecule has 1 atom stereocenters. The summed E-state index contributed by atoms with van der Waals surface area (Å²) in [7, 11) is 0. The first-order chi connectivity index (χ1) is 8.81. The summed E-state index contributed by atoms with van der Waals surface area (Å²) in [6, 6.07) is 0.840. The average Bonchev–Trinajstić information content (AvgIpc) is 2.41. The Balaban J connectivity index is 2.23. The summed E-state index contributed by atoms with van der Waals surface area (Å²) < 4.78 is 0. The monoisotopic (exact) mass is 254 g/mol. The van der Waals surface area contributed by atoms with Crippen LogP contribution in [-0.4, -0.2) is 37.1 Å². The second-order valence-electron chi connectivity index (χ2n) is 5.79. The van der Waals surface area contributed by atoms with E-state index < -0.39 is 0 Å². The van der Waals surface area contributed by atoms with Crippen molar-refractivity contribution >= 4 is 0 Å². The predicted molar refractivity (Wildman–Crippen MR) is 81.1 cm³/mol. The van der Waals surface area contributed by atoms with Gasteiger partial charge < -0.3 is 10.2 Å². The van der Waals surface area contributed by atoms with E-state index in [0.29, 0.717) is 0 Å². The SMILES string of the molecule is CCCC(CCCC1CCNCC1)N(CC)CC. The minimum Gasteiger partial charge on any atom is -0.317 e. The summed E-state index contributed by atoms with van der Waals surface area (Å²) >= 11 is 0. The van der Waals surface area contributed by atoms with Crippen molar-refractivity contribution in [3.63, 3.8) is 0 Å². The van der Waals surface area contributed by atoms with Gasteiger partial charge in [0.25, 0.3) is 0 Å². The number of nitrogens with one attached hydrogen (secondary N) is 1. The first-order valence-corrected chi connectivity index (χ1v) is 8.26. The molecule has 0 bridgehead atoms. The van der Waals surface area contributed by atoms with Gasteiger partial charge in [0.15, 0.2) is 0 Å². The molecule has 1 aliphatic heterocycles. The van der Waals surface area contributed by atoms with E-state index in [2.05, 4.69) is 31.0 Å². The molecule has 0 aromatic heterocycles. The van der Waals surface area contributed by atoms with Crippen LogP contribution in [0.3, 0.4) is 0 Å². The van der Waals surface area contributed by atoms with Gasteiger partial charge in [0, 0.05) is 6.04 Å². The fourth-order valence-corrected chi connectivity index (χ4v) is 3.40. The van der Waals surface area contributed by atoms with E-state index in [4.69, 9.17) is 0 Å². The predicted octanol–water partition coefficient (Wildman–Crippen LogP) is 3.67. The van der Waals surface area contributed by atoms with Crippen LogP contribution in [0.25, 0.3) is 0 Å². The van der Waals surface area contributed by atoms with E-state index in [1.807, 2.05) is 0 Å². The maximum absolute atomic E-state index is 3.46. The van der Waals surface area contributed by atoms with Crippen LogP contribution in [0, 0.1) is 5.92 Å². The molecule has 1 N–H and O–H groups in total. The Morgan fingerprint density at radius 2 is 1.72 bits per heavy atom. The molecule has 1 heterocycles. The molecule has 0 aromatic carbocycles. The zero-order chi connectivity index (χ0) is 13.2. The molecular weight excluding hydrogens is 220 g/mol. The molecule has 0 spiro atoms. The van der Waals surface area contributed by atoms with Gasteiger partial charge in [-0.3, -0.25) is 0 Å². The molecule has 0 aromatic rings. The van der Waals surface area contributed by atoms with Gasteiger partial charge in [-0.1, -0.05) is 40.0 Å². The average molecular weight is 254 g/mol. The molecule has 108 valence electrons. The summed E-state index contributed by atoms with van der Waals surface area (Å²) in [6.07, 6.45) is 9.84. The smallest absolute Gasteiger partial charge is 0.00949 e. The van der Waals surface area contributed by atoms with Crippen molar-refractivity contribution in [1.82, 2.24) is 10.2 Å². The van der Waals surface area contributed by atoms with E-state index in [-0.39, 0.29) is 0 Å². The van der Waals surface area contributed by atoms with Crippen LogP contribution in [0.2, 0.25) is 0 Å². The van der Waals surface area contributed by atoms with Gasteiger partial charge >= 0.3 is 0 Å². The molecule has 0 saturated carbocycles. The summed E-state index contributed by atoms with van der Waals surface area (Å²) in [5.41, 5.74) is 0. The highest BCUT2D eigenvalue weighted by molar-refractivity contribution is 4.73. The largest absolute Gasteiger partial charge is 0.317 e. The van der Waals surface area contributed by atoms with Gasteiger partial charge in [-0.2, -0.15) is 0 Å².